The zero-order valence-electron chi connectivity index (χ0n) is 15.9. The Morgan fingerprint density at radius 3 is 2.38 bits per heavy atom. The molecule has 0 spiro atoms. The highest BCUT2D eigenvalue weighted by molar-refractivity contribution is 7.93. The largest absolute Gasteiger partial charge is 0.493 e. The van der Waals surface area contributed by atoms with Crippen LogP contribution in [0.3, 0.4) is 0 Å². The lowest BCUT2D eigenvalue weighted by molar-refractivity contribution is 0.0601. The quantitative estimate of drug-likeness (QED) is 0.552. The molecule has 1 N–H and O–H groups in total. The molecule has 0 unspecified atom stereocenters. The van der Waals surface area contributed by atoms with Crippen LogP contribution in [-0.4, -0.2) is 51.6 Å². The Labute approximate surface area is 170 Å². The number of benzene rings is 2. The van der Waals surface area contributed by atoms with E-state index in [9.17, 15) is 13.2 Å². The molecule has 0 saturated heterocycles. The number of fused-ring (bicyclic) bond motifs is 1. The lowest BCUT2D eigenvalue weighted by Gasteiger charge is -2.19. The normalized spacial score (nSPS) is 11.2. The maximum atomic E-state index is 13.1. The molecule has 154 valence electrons. The predicted octanol–water partition coefficient (Wildman–Crippen LogP) is 2.30. The van der Waals surface area contributed by atoms with Crippen LogP contribution in [0.2, 0.25) is 0 Å². The molecule has 0 saturated carbocycles. The minimum atomic E-state index is -4.18. The number of ether oxygens (including phenoxy) is 4. The van der Waals surface area contributed by atoms with Gasteiger partial charge in [-0.1, -0.05) is 6.07 Å². The van der Waals surface area contributed by atoms with Crippen LogP contribution in [0.5, 0.6) is 17.2 Å². The van der Waals surface area contributed by atoms with Crippen LogP contribution in [0.4, 0.5) is 5.69 Å². The first-order valence-corrected chi connectivity index (χ1v) is 10.2. The first-order valence-electron chi connectivity index (χ1n) is 8.03. The van der Waals surface area contributed by atoms with Gasteiger partial charge in [-0.15, -0.1) is 0 Å². The topological polar surface area (TPSA) is 126 Å². The molecule has 0 radical (unpaired) electrons. The van der Waals surface area contributed by atoms with E-state index in [1.807, 2.05) is 0 Å². The molecular weight excluding hydrogens is 422 g/mol. The van der Waals surface area contributed by atoms with Crippen LogP contribution in [0.15, 0.2) is 29.2 Å². The van der Waals surface area contributed by atoms with Gasteiger partial charge in [0.2, 0.25) is 5.75 Å². The average molecular weight is 439 g/mol. The first-order chi connectivity index (χ1) is 13.9. The number of sulfonamides is 1. The molecule has 0 bridgehead atoms. The van der Waals surface area contributed by atoms with Gasteiger partial charge in [0, 0.05) is 6.07 Å². The van der Waals surface area contributed by atoms with Crippen LogP contribution >= 0.6 is 11.7 Å². The fraction of sp³-hybridized carbons (Fsp3) is 0.235. The molecule has 2 aromatic carbocycles. The minimum Gasteiger partial charge on any atom is -0.493 e. The van der Waals surface area contributed by atoms with Gasteiger partial charge in [-0.2, -0.15) is 8.75 Å². The summed E-state index contributed by atoms with van der Waals surface area (Å²) in [6, 6.07) is 5.88. The second-order valence-corrected chi connectivity index (χ2v) is 7.73. The number of anilines is 1. The van der Waals surface area contributed by atoms with Gasteiger partial charge in [0.25, 0.3) is 10.0 Å². The van der Waals surface area contributed by atoms with Gasteiger partial charge in [-0.05, 0) is 12.1 Å². The fourth-order valence-electron chi connectivity index (χ4n) is 2.72. The number of methoxy groups -OCH3 is 4. The highest BCUT2D eigenvalue weighted by Crippen LogP contribution is 2.46. The number of nitrogens with zero attached hydrogens (tertiary/aromatic N) is 2. The molecule has 1 aromatic heterocycles. The lowest BCUT2D eigenvalue weighted by Crippen LogP contribution is -2.18. The molecule has 1 heterocycles. The molecule has 0 atom stereocenters. The van der Waals surface area contributed by atoms with Gasteiger partial charge in [-0.3, -0.25) is 4.72 Å². The Morgan fingerprint density at radius 2 is 1.76 bits per heavy atom. The van der Waals surface area contributed by atoms with Crippen molar-refractivity contribution in [1.29, 1.82) is 0 Å². The van der Waals surface area contributed by atoms with Crippen molar-refractivity contribution in [3.05, 3.63) is 29.8 Å². The smallest absolute Gasteiger partial charge is 0.340 e. The summed E-state index contributed by atoms with van der Waals surface area (Å²) < 4.78 is 57.4. The van der Waals surface area contributed by atoms with E-state index in [1.165, 1.54) is 40.6 Å². The third kappa shape index (κ3) is 3.63. The number of nitrogens with one attached hydrogen (secondary N) is 1. The molecule has 0 aliphatic rings. The van der Waals surface area contributed by atoms with Crippen molar-refractivity contribution in [2.75, 3.05) is 33.2 Å². The van der Waals surface area contributed by atoms with E-state index in [0.29, 0.717) is 5.52 Å². The summed E-state index contributed by atoms with van der Waals surface area (Å²) in [5.74, 6) is -0.567. The highest BCUT2D eigenvalue weighted by Gasteiger charge is 2.29. The maximum Gasteiger partial charge on any atom is 0.340 e. The Hall–Kier alpha value is -3.12. The third-order valence-electron chi connectivity index (χ3n) is 4.01. The number of hydrogen-bond donors (Lipinski definition) is 1. The van der Waals surface area contributed by atoms with Gasteiger partial charge in [0.15, 0.2) is 11.5 Å². The second-order valence-electron chi connectivity index (χ2n) is 5.55. The lowest BCUT2D eigenvalue weighted by atomic mass is 10.1. The summed E-state index contributed by atoms with van der Waals surface area (Å²) in [5, 5.41) is 0. The minimum absolute atomic E-state index is 0.0422. The average Bonchev–Trinajstić information content (AvgIpc) is 3.20. The number of carbonyl (C=O) groups excluding carboxylic acids is 1. The van der Waals surface area contributed by atoms with Crippen molar-refractivity contribution in [3.63, 3.8) is 0 Å². The third-order valence-corrected chi connectivity index (χ3v) is 5.93. The Morgan fingerprint density at radius 1 is 1.03 bits per heavy atom. The van der Waals surface area contributed by atoms with Crippen LogP contribution < -0.4 is 18.9 Å². The zero-order valence-corrected chi connectivity index (χ0v) is 17.5. The summed E-state index contributed by atoms with van der Waals surface area (Å²) in [5.41, 5.74) is 0.376. The molecule has 0 aliphatic carbocycles. The van der Waals surface area contributed by atoms with Gasteiger partial charge >= 0.3 is 5.97 Å². The number of rotatable bonds is 7. The van der Waals surface area contributed by atoms with Crippen molar-refractivity contribution < 1.29 is 32.2 Å². The first kappa shape index (κ1) is 20.6. The Bertz CT molecular complexity index is 1180. The number of aromatic nitrogens is 2. The Kier molecular flexibility index (Phi) is 5.75. The summed E-state index contributed by atoms with van der Waals surface area (Å²) in [4.78, 5) is 12.2. The SMILES string of the molecule is COC(=O)c1cc(OC)c(OC)c(OC)c1NS(=O)(=O)c1cccc2nsnc12. The number of carbonyl (C=O) groups is 1. The predicted molar refractivity (Wildman–Crippen MR) is 106 cm³/mol. The molecule has 0 fully saturated rings. The molecule has 29 heavy (non-hydrogen) atoms. The highest BCUT2D eigenvalue weighted by atomic mass is 32.2. The van der Waals surface area contributed by atoms with Gasteiger partial charge in [0.1, 0.15) is 21.6 Å². The van der Waals surface area contributed by atoms with E-state index in [0.717, 1.165) is 11.7 Å². The van der Waals surface area contributed by atoms with Crippen LogP contribution in [0, 0.1) is 0 Å². The molecule has 12 heteroatoms. The Balaban J connectivity index is 2.24. The van der Waals surface area contributed by atoms with Crippen LogP contribution in [0.1, 0.15) is 10.4 Å². The molecular formula is C17H17N3O7S2. The van der Waals surface area contributed by atoms with E-state index in [2.05, 4.69) is 13.5 Å². The van der Waals surface area contributed by atoms with E-state index in [4.69, 9.17) is 18.9 Å². The molecule has 0 aliphatic heterocycles. The van der Waals surface area contributed by atoms with E-state index in [1.54, 1.807) is 12.1 Å². The maximum absolute atomic E-state index is 13.1. The van der Waals surface area contributed by atoms with E-state index >= 15 is 0 Å². The van der Waals surface area contributed by atoms with E-state index in [-0.39, 0.29) is 38.9 Å². The van der Waals surface area contributed by atoms with Crippen molar-refractivity contribution in [2.24, 2.45) is 0 Å². The number of hydrogen-bond acceptors (Lipinski definition) is 10. The molecule has 3 aromatic rings. The second kappa shape index (κ2) is 8.09. The summed E-state index contributed by atoms with van der Waals surface area (Å²) in [7, 11) is 1.03. The molecule has 0 amide bonds. The summed E-state index contributed by atoms with van der Waals surface area (Å²) in [6.45, 7) is 0. The van der Waals surface area contributed by atoms with Gasteiger partial charge < -0.3 is 18.9 Å². The monoisotopic (exact) mass is 439 g/mol. The van der Waals surface area contributed by atoms with Crippen molar-refractivity contribution in [2.45, 2.75) is 4.90 Å². The summed E-state index contributed by atoms with van der Waals surface area (Å²) >= 11 is 0.892. The van der Waals surface area contributed by atoms with Crippen molar-refractivity contribution in [3.8, 4) is 17.2 Å². The fourth-order valence-corrected chi connectivity index (χ4v) is 4.57. The van der Waals surface area contributed by atoms with Gasteiger partial charge in [0.05, 0.1) is 45.7 Å². The van der Waals surface area contributed by atoms with E-state index < -0.39 is 16.0 Å². The zero-order chi connectivity index (χ0) is 21.2. The molecule has 10 nitrogen and oxygen atoms in total. The summed E-state index contributed by atoms with van der Waals surface area (Å²) in [6.07, 6.45) is 0. The van der Waals surface area contributed by atoms with Crippen LogP contribution in [-0.2, 0) is 14.8 Å². The van der Waals surface area contributed by atoms with Gasteiger partial charge in [-0.25, -0.2) is 13.2 Å². The van der Waals surface area contributed by atoms with Crippen molar-refractivity contribution in [1.82, 2.24) is 8.75 Å². The number of esters is 1. The van der Waals surface area contributed by atoms with Crippen LogP contribution in [0.25, 0.3) is 11.0 Å². The van der Waals surface area contributed by atoms with Crippen molar-refractivity contribution >= 4 is 44.4 Å². The standard InChI is InChI=1S/C17H17N3O7S2/c1-24-11-8-9(17(21)27-4)13(16(26-3)15(11)25-2)20-29(22,23)12-7-5-6-10-14(12)19-28-18-10/h5-8,20H,1-4H3. The molecule has 3 rings (SSSR count).